The molecule has 38 heavy (non-hydrogen) atoms. The van der Waals surface area contributed by atoms with Crippen LogP contribution in [0.1, 0.15) is 70.7 Å². The van der Waals surface area contributed by atoms with E-state index in [1.54, 1.807) is 12.3 Å². The van der Waals surface area contributed by atoms with Crippen LogP contribution in [0.3, 0.4) is 0 Å². The minimum Gasteiger partial charge on any atom is -0.474 e. The average molecular weight is 519 g/mol. The van der Waals surface area contributed by atoms with Crippen LogP contribution in [0.15, 0.2) is 35.0 Å². The minimum absolute atomic E-state index is 0.0815. The second-order valence-electron chi connectivity index (χ2n) is 10.6. The van der Waals surface area contributed by atoms with Crippen molar-refractivity contribution in [1.82, 2.24) is 20.4 Å². The number of carbonyl (C=O) groups is 1. The van der Waals surface area contributed by atoms with Crippen molar-refractivity contribution in [3.05, 3.63) is 47.2 Å². The summed E-state index contributed by atoms with van der Waals surface area (Å²) in [5.74, 6) is 0.814. The van der Waals surface area contributed by atoms with Crippen molar-refractivity contribution in [3.8, 4) is 23.4 Å². The van der Waals surface area contributed by atoms with Gasteiger partial charge in [0.2, 0.25) is 5.88 Å². The van der Waals surface area contributed by atoms with E-state index < -0.39 is 5.60 Å². The first-order valence-corrected chi connectivity index (χ1v) is 12.8. The van der Waals surface area contributed by atoms with Crippen LogP contribution in [0, 0.1) is 11.3 Å². The molecule has 0 saturated carbocycles. The normalized spacial score (nSPS) is 13.8. The van der Waals surface area contributed by atoms with E-state index in [9.17, 15) is 10.1 Å². The Morgan fingerprint density at radius 1 is 1.26 bits per heavy atom. The van der Waals surface area contributed by atoms with Gasteiger partial charge >= 0.3 is 5.97 Å². The highest BCUT2D eigenvalue weighted by Crippen LogP contribution is 2.35. The summed E-state index contributed by atoms with van der Waals surface area (Å²) in [6.07, 6.45) is 2.64. The standard InChI is InChI=1S/C28H34N6O4/c1-17(2)36-25-21(15-29)14-22(16-31-25)26-32-27(33-38-26)34-12-10-20-13-19(7-8-23(20)34)18(3)30-11-9-24(35)37-28(4,5)6/h7-8,13-14,16-18,30H,9-12H2,1-6H3/t18-/m1/s1. The van der Waals surface area contributed by atoms with Gasteiger partial charge in [0.1, 0.15) is 17.2 Å². The maximum Gasteiger partial charge on any atom is 0.307 e. The molecule has 4 rings (SSSR count). The molecule has 3 heterocycles. The molecule has 0 bridgehead atoms. The highest BCUT2D eigenvalue weighted by atomic mass is 16.6. The zero-order valence-corrected chi connectivity index (χ0v) is 22.7. The Kier molecular flexibility index (Phi) is 7.97. The molecule has 0 fully saturated rings. The van der Waals surface area contributed by atoms with Gasteiger partial charge < -0.3 is 24.2 Å². The maximum atomic E-state index is 12.0. The van der Waals surface area contributed by atoms with Crippen LogP contribution in [0.25, 0.3) is 11.5 Å². The lowest BCUT2D eigenvalue weighted by Gasteiger charge is -2.20. The Labute approximate surface area is 223 Å². The molecule has 0 spiro atoms. The third kappa shape index (κ3) is 6.47. The fourth-order valence-corrected chi connectivity index (χ4v) is 4.21. The Hall–Kier alpha value is -3.97. The Morgan fingerprint density at radius 3 is 2.76 bits per heavy atom. The molecule has 0 unspecified atom stereocenters. The molecule has 0 amide bonds. The molecule has 1 N–H and O–H groups in total. The molecule has 10 heteroatoms. The van der Waals surface area contributed by atoms with E-state index in [2.05, 4.69) is 51.6 Å². The monoisotopic (exact) mass is 518 g/mol. The first-order chi connectivity index (χ1) is 18.0. The van der Waals surface area contributed by atoms with Crippen molar-refractivity contribution in [1.29, 1.82) is 5.26 Å². The SMILES string of the molecule is CC(C)Oc1ncc(-c2nc(N3CCc4cc([C@@H](C)NCCC(=O)OC(C)(C)C)ccc43)no2)cc1C#N. The molecule has 1 aliphatic rings. The highest BCUT2D eigenvalue weighted by molar-refractivity contribution is 5.70. The Morgan fingerprint density at radius 2 is 2.05 bits per heavy atom. The topological polar surface area (TPSA) is 126 Å². The molecule has 1 aromatic carbocycles. The number of nitriles is 1. The summed E-state index contributed by atoms with van der Waals surface area (Å²) in [4.78, 5) is 22.8. The van der Waals surface area contributed by atoms with Crippen molar-refractivity contribution in [2.75, 3.05) is 18.0 Å². The molecule has 10 nitrogen and oxygen atoms in total. The van der Waals surface area contributed by atoms with E-state index in [0.717, 1.165) is 24.2 Å². The number of aromatic nitrogens is 3. The molecule has 0 saturated heterocycles. The molecule has 1 atom stereocenters. The molecule has 0 radical (unpaired) electrons. The third-order valence-electron chi connectivity index (χ3n) is 5.92. The largest absolute Gasteiger partial charge is 0.474 e. The quantitative estimate of drug-likeness (QED) is 0.392. The van der Waals surface area contributed by atoms with Gasteiger partial charge in [-0.1, -0.05) is 12.1 Å². The number of fused-ring (bicyclic) bond motifs is 1. The van der Waals surface area contributed by atoms with E-state index in [-0.39, 0.29) is 29.9 Å². The molecule has 0 aliphatic carbocycles. The predicted molar refractivity (Wildman–Crippen MR) is 142 cm³/mol. The van der Waals surface area contributed by atoms with Crippen molar-refractivity contribution >= 4 is 17.6 Å². The van der Waals surface area contributed by atoms with E-state index >= 15 is 0 Å². The van der Waals surface area contributed by atoms with E-state index in [0.29, 0.717) is 30.0 Å². The van der Waals surface area contributed by atoms with Gasteiger partial charge in [0.15, 0.2) is 0 Å². The summed E-state index contributed by atoms with van der Waals surface area (Å²) in [5.41, 5.74) is 3.75. The average Bonchev–Trinajstić information content (AvgIpc) is 3.49. The second kappa shape index (κ2) is 11.2. The van der Waals surface area contributed by atoms with Crippen molar-refractivity contribution in [2.45, 2.75) is 72.1 Å². The van der Waals surface area contributed by atoms with Crippen LogP contribution in [0.4, 0.5) is 11.6 Å². The molecular formula is C28H34N6O4. The lowest BCUT2D eigenvalue weighted by molar-refractivity contribution is -0.154. The van der Waals surface area contributed by atoms with Gasteiger partial charge in [0.25, 0.3) is 11.8 Å². The first kappa shape index (κ1) is 27.1. The summed E-state index contributed by atoms with van der Waals surface area (Å²) in [6, 6.07) is 10.1. The summed E-state index contributed by atoms with van der Waals surface area (Å²) in [5, 5.41) is 17.1. The van der Waals surface area contributed by atoms with E-state index in [4.69, 9.17) is 14.0 Å². The molecule has 2 aromatic heterocycles. The number of esters is 1. The number of carbonyl (C=O) groups excluding carboxylic acids is 1. The number of ether oxygens (including phenoxy) is 2. The van der Waals surface area contributed by atoms with E-state index in [1.807, 2.05) is 39.5 Å². The summed E-state index contributed by atoms with van der Waals surface area (Å²) < 4.78 is 16.5. The molecular weight excluding hydrogens is 484 g/mol. The van der Waals surface area contributed by atoms with Crippen molar-refractivity contribution in [3.63, 3.8) is 0 Å². The third-order valence-corrected chi connectivity index (χ3v) is 5.92. The number of nitrogens with one attached hydrogen (secondary N) is 1. The number of hydrogen-bond donors (Lipinski definition) is 1. The number of benzene rings is 1. The van der Waals surface area contributed by atoms with Gasteiger partial charge in [-0.05, 0) is 76.4 Å². The highest BCUT2D eigenvalue weighted by Gasteiger charge is 2.26. The minimum atomic E-state index is -0.475. The fourth-order valence-electron chi connectivity index (χ4n) is 4.21. The van der Waals surface area contributed by atoms with Crippen LogP contribution in [-0.2, 0) is 16.0 Å². The van der Waals surface area contributed by atoms with Crippen molar-refractivity contribution < 1.29 is 18.8 Å². The van der Waals surface area contributed by atoms with Crippen LogP contribution in [0.5, 0.6) is 5.88 Å². The second-order valence-corrected chi connectivity index (χ2v) is 10.6. The predicted octanol–water partition coefficient (Wildman–Crippen LogP) is 4.87. The lowest BCUT2D eigenvalue weighted by atomic mass is 10.0. The van der Waals surface area contributed by atoms with Crippen LogP contribution < -0.4 is 15.0 Å². The lowest BCUT2D eigenvalue weighted by Crippen LogP contribution is -2.27. The molecule has 3 aromatic rings. The van der Waals surface area contributed by atoms with Gasteiger partial charge in [-0.15, -0.1) is 0 Å². The van der Waals surface area contributed by atoms with Gasteiger partial charge in [-0.25, -0.2) is 4.98 Å². The summed E-state index contributed by atoms with van der Waals surface area (Å²) >= 11 is 0. The summed E-state index contributed by atoms with van der Waals surface area (Å²) in [7, 11) is 0. The van der Waals surface area contributed by atoms with Gasteiger partial charge in [-0.2, -0.15) is 10.2 Å². The molecule has 1 aliphatic heterocycles. The number of hydrogen-bond acceptors (Lipinski definition) is 10. The maximum absolute atomic E-state index is 12.0. The zero-order chi connectivity index (χ0) is 27.4. The van der Waals surface area contributed by atoms with Gasteiger partial charge in [0.05, 0.1) is 18.1 Å². The van der Waals surface area contributed by atoms with Gasteiger partial charge in [0, 0.05) is 31.0 Å². The Balaban J connectivity index is 1.42. The smallest absolute Gasteiger partial charge is 0.307 e. The number of anilines is 2. The summed E-state index contributed by atoms with van der Waals surface area (Å²) in [6.45, 7) is 12.7. The fraction of sp³-hybridized carbons (Fsp3) is 0.464. The van der Waals surface area contributed by atoms with Crippen LogP contribution in [-0.4, -0.2) is 45.9 Å². The van der Waals surface area contributed by atoms with Gasteiger partial charge in [-0.3, -0.25) is 4.79 Å². The Bertz CT molecular complexity index is 1340. The molecule has 200 valence electrons. The van der Waals surface area contributed by atoms with Crippen LogP contribution in [0.2, 0.25) is 0 Å². The first-order valence-electron chi connectivity index (χ1n) is 12.8. The van der Waals surface area contributed by atoms with Crippen LogP contribution >= 0.6 is 0 Å². The number of nitrogens with zero attached hydrogens (tertiary/aromatic N) is 5. The zero-order valence-electron chi connectivity index (χ0n) is 22.7. The van der Waals surface area contributed by atoms with Crippen molar-refractivity contribution in [2.24, 2.45) is 0 Å². The number of rotatable bonds is 9. The number of pyridine rings is 1. The van der Waals surface area contributed by atoms with E-state index in [1.165, 1.54) is 5.56 Å².